The minimum absolute atomic E-state index is 0.00769. The Hall–Kier alpha value is -1.19. The lowest BCUT2D eigenvalue weighted by Gasteiger charge is -2.64. The number of carbonyl (C=O) groups is 2. The first-order chi connectivity index (χ1) is 19.6. The van der Waals surface area contributed by atoms with Crippen LogP contribution in [0, 0.1) is 39.9 Å². The van der Waals surface area contributed by atoms with E-state index in [1.165, 1.54) is 25.8 Å². The van der Waals surface area contributed by atoms with Crippen LogP contribution in [0.4, 0.5) is 4.48 Å². The van der Waals surface area contributed by atoms with Crippen LogP contribution in [0.1, 0.15) is 113 Å². The summed E-state index contributed by atoms with van der Waals surface area (Å²) in [5.74, 6) is 0.832. The second-order valence-electron chi connectivity index (χ2n) is 15.0. The van der Waals surface area contributed by atoms with Crippen LogP contribution in [0.3, 0.4) is 0 Å². The van der Waals surface area contributed by atoms with Gasteiger partial charge in [0.1, 0.15) is 17.9 Å². The molecule has 7 nitrogen and oxygen atoms in total. The Kier molecular flexibility index (Phi) is 11.3. The van der Waals surface area contributed by atoms with Gasteiger partial charge in [0.25, 0.3) is 0 Å². The molecule has 3 N–H and O–H groups in total. The maximum Gasteiger partial charge on any atom is 0.162 e. The predicted molar refractivity (Wildman–Crippen MR) is 162 cm³/mol. The number of Topliss-reactive ketones (excluding diaryl/α,β-unsaturated/α-hetero) is 1. The Labute approximate surface area is 253 Å². The third kappa shape index (κ3) is 6.04. The van der Waals surface area contributed by atoms with Gasteiger partial charge >= 0.3 is 0 Å². The fourth-order valence-electron chi connectivity index (χ4n) is 9.48. The number of nitrogens with zero attached hydrogens (tertiary/aromatic N) is 1. The molecule has 4 aliphatic rings. The molecule has 0 saturated heterocycles. The smallest absolute Gasteiger partial charge is 0.162 e. The summed E-state index contributed by atoms with van der Waals surface area (Å²) >= 11 is 0. The highest BCUT2D eigenvalue weighted by atomic mass is 19.2. The number of allylic oxidation sites excluding steroid dienone is 1. The predicted octanol–water partition coefficient (Wildman–Crippen LogP) is 5.80. The molecule has 242 valence electrons. The van der Waals surface area contributed by atoms with Crippen LogP contribution in [-0.4, -0.2) is 69.7 Å². The number of aliphatic hydroxyl groups excluding tert-OH is 3. The van der Waals surface area contributed by atoms with Gasteiger partial charge in [-0.15, -0.1) is 9.60 Å². The highest BCUT2D eigenvalue weighted by Gasteiger charge is 2.66. The summed E-state index contributed by atoms with van der Waals surface area (Å²) in [6.45, 7) is 15.7. The number of halogens is 1. The largest absolute Gasteiger partial charge is 0.394 e. The number of aliphatic hydroxyl groups is 3. The van der Waals surface area contributed by atoms with Crippen molar-refractivity contribution in [1.82, 2.24) is 5.12 Å². The van der Waals surface area contributed by atoms with Gasteiger partial charge in [-0.05, 0) is 92.8 Å². The molecule has 0 spiro atoms. The lowest BCUT2D eigenvalue weighted by molar-refractivity contribution is -0.265. The Morgan fingerprint density at radius 2 is 1.79 bits per heavy atom. The minimum Gasteiger partial charge on any atom is -0.394 e. The quantitative estimate of drug-likeness (QED) is 0.134. The van der Waals surface area contributed by atoms with Crippen molar-refractivity contribution in [3.8, 4) is 0 Å². The summed E-state index contributed by atoms with van der Waals surface area (Å²) in [5, 5.41) is 30.4. The average molecular weight is 596 g/mol. The van der Waals surface area contributed by atoms with Gasteiger partial charge < -0.3 is 24.9 Å². The van der Waals surface area contributed by atoms with Crippen molar-refractivity contribution in [2.24, 2.45) is 39.9 Å². The standard InChI is InChI=1S/C32H54FNO5.C2H4O/c1-8-12-30(6)20(2)11-13-31(7)23-16-27(38)32(34(33)28(19-36)39-25(18-35)21(3)37)15-14-29(4,5)17-24(32)22(23)9-10-26(30)31;1-2-3/h9,20-21,23-26,28,35-37H,8,10-19H2,1-7H3;2H,1H3. The van der Waals surface area contributed by atoms with Crippen molar-refractivity contribution < 1.29 is 34.1 Å². The van der Waals surface area contributed by atoms with E-state index in [-0.39, 0.29) is 33.9 Å². The Morgan fingerprint density at radius 3 is 2.33 bits per heavy atom. The van der Waals surface area contributed by atoms with Gasteiger partial charge in [0.05, 0.1) is 19.3 Å². The van der Waals surface area contributed by atoms with Crippen molar-refractivity contribution in [3.05, 3.63) is 11.6 Å². The van der Waals surface area contributed by atoms with Gasteiger partial charge in [-0.3, -0.25) is 4.79 Å². The topological polar surface area (TPSA) is 107 Å². The van der Waals surface area contributed by atoms with Crippen LogP contribution in [0.5, 0.6) is 0 Å². The molecule has 0 bridgehead atoms. The summed E-state index contributed by atoms with van der Waals surface area (Å²) < 4.78 is 22.4. The van der Waals surface area contributed by atoms with Crippen LogP contribution in [0.25, 0.3) is 0 Å². The summed E-state index contributed by atoms with van der Waals surface area (Å²) in [4.78, 5) is 23.2. The molecule has 10 atom stereocenters. The summed E-state index contributed by atoms with van der Waals surface area (Å²) in [6, 6.07) is 0. The fraction of sp³-hybridized carbons (Fsp3) is 0.882. The van der Waals surface area contributed by atoms with Crippen LogP contribution >= 0.6 is 0 Å². The molecule has 0 aliphatic heterocycles. The van der Waals surface area contributed by atoms with E-state index in [0.29, 0.717) is 42.6 Å². The number of carbonyl (C=O) groups excluding carboxylic acids is 2. The molecule has 0 aromatic carbocycles. The summed E-state index contributed by atoms with van der Waals surface area (Å²) in [6.07, 6.45) is 7.16. The van der Waals surface area contributed by atoms with Crippen LogP contribution in [0.2, 0.25) is 0 Å². The van der Waals surface area contributed by atoms with Gasteiger partial charge in [-0.1, -0.05) is 59.6 Å². The van der Waals surface area contributed by atoms with E-state index in [9.17, 15) is 20.1 Å². The van der Waals surface area contributed by atoms with E-state index in [2.05, 4.69) is 47.6 Å². The second-order valence-corrected chi connectivity index (χ2v) is 15.0. The summed E-state index contributed by atoms with van der Waals surface area (Å²) in [7, 11) is 0. The van der Waals surface area contributed by atoms with E-state index >= 15 is 4.48 Å². The molecule has 10 unspecified atom stereocenters. The summed E-state index contributed by atoms with van der Waals surface area (Å²) in [5.41, 5.74) is -0.0111. The Morgan fingerprint density at radius 1 is 1.14 bits per heavy atom. The number of hydrogen-bond donors (Lipinski definition) is 3. The zero-order chi connectivity index (χ0) is 31.7. The highest BCUT2D eigenvalue weighted by Crippen LogP contribution is 2.68. The molecular weight excluding hydrogens is 537 g/mol. The molecule has 0 aromatic heterocycles. The molecule has 4 aliphatic carbocycles. The number of fused-ring (bicyclic) bond motifs is 5. The van der Waals surface area contributed by atoms with Gasteiger partial charge in [-0.2, -0.15) is 0 Å². The van der Waals surface area contributed by atoms with Crippen molar-refractivity contribution in [2.75, 3.05) is 13.2 Å². The third-order valence-corrected chi connectivity index (χ3v) is 12.0. The average Bonchev–Trinajstić information content (AvgIpc) is 2.92. The van der Waals surface area contributed by atoms with E-state index in [1.807, 2.05) is 0 Å². The van der Waals surface area contributed by atoms with Gasteiger partial charge in [0, 0.05) is 12.3 Å². The first kappa shape index (κ1) is 35.3. The zero-order valence-corrected chi connectivity index (χ0v) is 27.4. The maximum atomic E-state index is 16.7. The van der Waals surface area contributed by atoms with Crippen LogP contribution in [-0.2, 0) is 14.3 Å². The van der Waals surface area contributed by atoms with Crippen LogP contribution < -0.4 is 0 Å². The molecule has 0 aromatic rings. The molecule has 3 saturated carbocycles. The number of aldehydes is 1. The van der Waals surface area contributed by atoms with E-state index in [4.69, 9.17) is 9.53 Å². The highest BCUT2D eigenvalue weighted by molar-refractivity contribution is 5.91. The maximum absolute atomic E-state index is 16.7. The first-order valence-electron chi connectivity index (χ1n) is 16.3. The van der Waals surface area contributed by atoms with E-state index in [1.54, 1.807) is 0 Å². The molecule has 8 heteroatoms. The van der Waals surface area contributed by atoms with Gasteiger partial charge in [0.15, 0.2) is 12.0 Å². The molecule has 0 heterocycles. The monoisotopic (exact) mass is 595 g/mol. The Bertz CT molecular complexity index is 985. The molecule has 0 radical (unpaired) electrons. The molecule has 3 fully saturated rings. The van der Waals surface area contributed by atoms with Crippen molar-refractivity contribution >= 4 is 12.1 Å². The fourth-order valence-corrected chi connectivity index (χ4v) is 9.48. The number of rotatable bonds is 9. The SMILES string of the molecule is CC=O.CCCC1(C)C(C)CCC2(C)C3CC(=O)C4(N(F)C(CO)OC(CO)C(C)O)CCC(C)(C)CC4C3=CCC12. The first-order valence-corrected chi connectivity index (χ1v) is 16.3. The van der Waals surface area contributed by atoms with Crippen molar-refractivity contribution in [3.63, 3.8) is 0 Å². The lowest BCUT2D eigenvalue weighted by Crippen LogP contribution is -2.68. The van der Waals surface area contributed by atoms with Crippen molar-refractivity contribution in [1.29, 1.82) is 0 Å². The number of ketones is 1. The third-order valence-electron chi connectivity index (χ3n) is 12.0. The molecule has 0 amide bonds. The van der Waals surface area contributed by atoms with E-state index in [0.717, 1.165) is 32.0 Å². The number of ether oxygens (including phenoxy) is 1. The normalized spacial score (nSPS) is 39.5. The molecular formula is C34H58FNO6. The molecule has 42 heavy (non-hydrogen) atoms. The van der Waals surface area contributed by atoms with Crippen molar-refractivity contribution in [2.45, 2.75) is 137 Å². The lowest BCUT2D eigenvalue weighted by atomic mass is 9.41. The molecule has 4 rings (SSSR count). The van der Waals surface area contributed by atoms with Gasteiger partial charge in [-0.25, -0.2) is 0 Å². The van der Waals surface area contributed by atoms with E-state index < -0.39 is 37.2 Å². The Balaban J connectivity index is 0.00000155. The minimum atomic E-state index is -1.45. The number of hydrogen-bond acceptors (Lipinski definition) is 7. The zero-order valence-electron chi connectivity index (χ0n) is 27.4. The second kappa shape index (κ2) is 13.4. The van der Waals surface area contributed by atoms with Gasteiger partial charge in [0.2, 0.25) is 0 Å². The van der Waals surface area contributed by atoms with Crippen LogP contribution in [0.15, 0.2) is 11.6 Å².